The fourth-order valence-electron chi connectivity index (χ4n) is 2.14. The normalized spacial score (nSPS) is 19.6. The number of nitrogens with one attached hydrogen (secondary N) is 2. The molecule has 6 nitrogen and oxygen atoms in total. The first-order valence-electron chi connectivity index (χ1n) is 6.89. The van der Waals surface area contributed by atoms with Crippen molar-refractivity contribution in [3.8, 4) is 0 Å². The molecule has 2 rings (SSSR count). The predicted octanol–water partition coefficient (Wildman–Crippen LogP) is 1.18. The number of hydrogen-bond acceptors (Lipinski definition) is 3. The van der Waals surface area contributed by atoms with Gasteiger partial charge < -0.3 is 10.6 Å². The maximum atomic E-state index is 12.2. The van der Waals surface area contributed by atoms with Crippen molar-refractivity contribution in [3.63, 3.8) is 0 Å². The first-order valence-corrected chi connectivity index (χ1v) is 6.89. The first-order chi connectivity index (χ1) is 9.27. The van der Waals surface area contributed by atoms with Crippen LogP contribution < -0.4 is 10.6 Å². The standard InChI is InChI=1S/C14H22N4O2/c1-14(2,3)10-7-11(18(4)17-10)16-13(20)9-5-6-12(19)15-8-9/h7,9H,5-6,8H2,1-4H3,(H,15,19)(H,16,20). The van der Waals surface area contributed by atoms with Crippen LogP contribution in [0, 0.1) is 5.92 Å². The van der Waals surface area contributed by atoms with E-state index in [0.717, 1.165) is 5.69 Å². The molecule has 0 saturated carbocycles. The number of aryl methyl sites for hydroxylation is 1. The summed E-state index contributed by atoms with van der Waals surface area (Å²) in [5, 5.41) is 10.0. The third kappa shape index (κ3) is 3.18. The van der Waals surface area contributed by atoms with Crippen molar-refractivity contribution in [1.82, 2.24) is 15.1 Å². The highest BCUT2D eigenvalue weighted by Gasteiger charge is 2.26. The Morgan fingerprint density at radius 1 is 1.50 bits per heavy atom. The highest BCUT2D eigenvalue weighted by Crippen LogP contribution is 2.24. The molecule has 2 heterocycles. The quantitative estimate of drug-likeness (QED) is 0.853. The second kappa shape index (κ2) is 5.26. The minimum atomic E-state index is -0.166. The van der Waals surface area contributed by atoms with Crippen molar-refractivity contribution >= 4 is 17.6 Å². The fourth-order valence-corrected chi connectivity index (χ4v) is 2.14. The Morgan fingerprint density at radius 3 is 2.70 bits per heavy atom. The summed E-state index contributed by atoms with van der Waals surface area (Å²) in [5.74, 6) is 0.482. The van der Waals surface area contributed by atoms with Crippen LogP contribution in [0.2, 0.25) is 0 Å². The summed E-state index contributed by atoms with van der Waals surface area (Å²) >= 11 is 0. The van der Waals surface area contributed by atoms with Crippen LogP contribution in [-0.4, -0.2) is 28.1 Å². The van der Waals surface area contributed by atoms with Gasteiger partial charge in [-0.1, -0.05) is 20.8 Å². The topological polar surface area (TPSA) is 76.0 Å². The lowest BCUT2D eigenvalue weighted by Crippen LogP contribution is -2.40. The van der Waals surface area contributed by atoms with Crippen molar-refractivity contribution in [2.45, 2.75) is 39.0 Å². The van der Waals surface area contributed by atoms with Crippen LogP contribution in [0.4, 0.5) is 5.82 Å². The number of hydrogen-bond donors (Lipinski definition) is 2. The molecule has 0 aliphatic carbocycles. The number of amides is 2. The van der Waals surface area contributed by atoms with Gasteiger partial charge in [-0.3, -0.25) is 14.3 Å². The van der Waals surface area contributed by atoms with E-state index in [1.165, 1.54) is 0 Å². The summed E-state index contributed by atoms with van der Waals surface area (Å²) < 4.78 is 1.68. The van der Waals surface area contributed by atoms with Gasteiger partial charge >= 0.3 is 0 Å². The zero-order valence-corrected chi connectivity index (χ0v) is 12.5. The number of nitrogens with zero attached hydrogens (tertiary/aromatic N) is 2. The van der Waals surface area contributed by atoms with Gasteiger partial charge in [0, 0.05) is 31.5 Å². The van der Waals surface area contributed by atoms with Gasteiger partial charge in [0.25, 0.3) is 0 Å². The molecule has 1 aromatic rings. The molecular weight excluding hydrogens is 256 g/mol. The fraction of sp³-hybridized carbons (Fsp3) is 0.643. The van der Waals surface area contributed by atoms with E-state index in [-0.39, 0.29) is 23.1 Å². The number of anilines is 1. The van der Waals surface area contributed by atoms with Gasteiger partial charge in [-0.05, 0) is 6.42 Å². The molecule has 1 saturated heterocycles. The third-order valence-corrected chi connectivity index (χ3v) is 3.54. The number of rotatable bonds is 2. The van der Waals surface area contributed by atoms with Gasteiger partial charge in [-0.2, -0.15) is 5.10 Å². The first kappa shape index (κ1) is 14.6. The van der Waals surface area contributed by atoms with Gasteiger partial charge in [0.05, 0.1) is 11.6 Å². The highest BCUT2D eigenvalue weighted by molar-refractivity contribution is 5.93. The van der Waals surface area contributed by atoms with Crippen molar-refractivity contribution in [2.75, 3.05) is 11.9 Å². The number of carbonyl (C=O) groups is 2. The molecule has 6 heteroatoms. The Morgan fingerprint density at radius 2 is 2.20 bits per heavy atom. The summed E-state index contributed by atoms with van der Waals surface area (Å²) in [7, 11) is 1.81. The number of aromatic nitrogens is 2. The third-order valence-electron chi connectivity index (χ3n) is 3.54. The van der Waals surface area contributed by atoms with Crippen LogP contribution in [0.25, 0.3) is 0 Å². The minimum Gasteiger partial charge on any atom is -0.355 e. The van der Waals surface area contributed by atoms with E-state index in [0.29, 0.717) is 25.2 Å². The summed E-state index contributed by atoms with van der Waals surface area (Å²) in [5.41, 5.74) is 0.881. The summed E-state index contributed by atoms with van der Waals surface area (Å²) in [6.07, 6.45) is 1.01. The Balaban J connectivity index is 2.04. The molecular formula is C14H22N4O2. The van der Waals surface area contributed by atoms with Gasteiger partial charge in [0.1, 0.15) is 5.82 Å². The molecule has 1 fully saturated rings. The smallest absolute Gasteiger partial charge is 0.230 e. The van der Waals surface area contributed by atoms with Gasteiger partial charge in [0.15, 0.2) is 0 Å². The monoisotopic (exact) mass is 278 g/mol. The molecule has 0 radical (unpaired) electrons. The van der Waals surface area contributed by atoms with E-state index in [4.69, 9.17) is 0 Å². The lowest BCUT2D eigenvalue weighted by Gasteiger charge is -2.21. The predicted molar refractivity (Wildman–Crippen MR) is 76.3 cm³/mol. The molecule has 2 amide bonds. The molecule has 1 unspecified atom stereocenters. The van der Waals surface area contributed by atoms with E-state index in [9.17, 15) is 9.59 Å². The Labute approximate surface area is 118 Å². The molecule has 0 spiro atoms. The average Bonchev–Trinajstić information content (AvgIpc) is 2.71. The summed E-state index contributed by atoms with van der Waals surface area (Å²) in [6.45, 7) is 6.65. The van der Waals surface area contributed by atoms with Crippen LogP contribution in [0.5, 0.6) is 0 Å². The second-order valence-corrected chi connectivity index (χ2v) is 6.32. The van der Waals surface area contributed by atoms with E-state index >= 15 is 0 Å². The molecule has 1 aliphatic heterocycles. The van der Waals surface area contributed by atoms with Crippen LogP contribution in [0.15, 0.2) is 6.07 Å². The van der Waals surface area contributed by atoms with E-state index in [1.807, 2.05) is 13.1 Å². The zero-order valence-electron chi connectivity index (χ0n) is 12.5. The lowest BCUT2D eigenvalue weighted by atomic mass is 9.92. The van der Waals surface area contributed by atoms with Gasteiger partial charge in [-0.25, -0.2) is 0 Å². The molecule has 0 aromatic carbocycles. The summed E-state index contributed by atoms with van der Waals surface area (Å²) in [6, 6.07) is 1.90. The molecule has 20 heavy (non-hydrogen) atoms. The van der Waals surface area contributed by atoms with Crippen LogP contribution >= 0.6 is 0 Å². The van der Waals surface area contributed by atoms with Crippen LogP contribution in [0.1, 0.15) is 39.3 Å². The molecule has 1 atom stereocenters. The SMILES string of the molecule is Cn1nc(C(C)(C)C)cc1NC(=O)C1CCC(=O)NC1. The minimum absolute atomic E-state index is 0.0182. The molecule has 1 aromatic heterocycles. The van der Waals surface area contributed by atoms with Gasteiger partial charge in [0.2, 0.25) is 11.8 Å². The highest BCUT2D eigenvalue weighted by atomic mass is 16.2. The Hall–Kier alpha value is -1.85. The lowest BCUT2D eigenvalue weighted by molar-refractivity contribution is -0.126. The van der Waals surface area contributed by atoms with Gasteiger partial charge in [-0.15, -0.1) is 0 Å². The van der Waals surface area contributed by atoms with Crippen molar-refractivity contribution in [2.24, 2.45) is 13.0 Å². The van der Waals surface area contributed by atoms with Crippen molar-refractivity contribution < 1.29 is 9.59 Å². The van der Waals surface area contributed by atoms with Crippen LogP contribution in [0.3, 0.4) is 0 Å². The zero-order chi connectivity index (χ0) is 14.9. The van der Waals surface area contributed by atoms with E-state index in [2.05, 4.69) is 36.5 Å². The van der Waals surface area contributed by atoms with Crippen molar-refractivity contribution in [3.05, 3.63) is 11.8 Å². The summed E-state index contributed by atoms with van der Waals surface area (Å²) in [4.78, 5) is 23.3. The van der Waals surface area contributed by atoms with E-state index in [1.54, 1.807) is 4.68 Å². The number of piperidine rings is 1. The Bertz CT molecular complexity index is 518. The molecule has 1 aliphatic rings. The Kier molecular flexibility index (Phi) is 3.83. The maximum absolute atomic E-state index is 12.2. The molecule has 110 valence electrons. The second-order valence-electron chi connectivity index (χ2n) is 6.32. The number of carbonyl (C=O) groups excluding carboxylic acids is 2. The largest absolute Gasteiger partial charge is 0.355 e. The van der Waals surface area contributed by atoms with Crippen molar-refractivity contribution in [1.29, 1.82) is 0 Å². The average molecular weight is 278 g/mol. The molecule has 0 bridgehead atoms. The van der Waals surface area contributed by atoms with E-state index < -0.39 is 0 Å². The van der Waals surface area contributed by atoms with Crippen LogP contribution in [-0.2, 0) is 22.1 Å². The molecule has 2 N–H and O–H groups in total. The maximum Gasteiger partial charge on any atom is 0.230 e.